The van der Waals surface area contributed by atoms with Gasteiger partial charge in [0.1, 0.15) is 0 Å². The van der Waals surface area contributed by atoms with Crippen molar-refractivity contribution in [3.05, 3.63) is 17.5 Å². The van der Waals surface area contributed by atoms with E-state index in [2.05, 4.69) is 5.16 Å². The zero-order valence-electron chi connectivity index (χ0n) is 9.28. The van der Waals surface area contributed by atoms with E-state index < -0.39 is 0 Å². The van der Waals surface area contributed by atoms with E-state index >= 15 is 0 Å². The second-order valence-electron chi connectivity index (χ2n) is 4.13. The Bertz CT molecular complexity index is 378. The highest BCUT2D eigenvalue weighted by Crippen LogP contribution is 2.20. The number of likely N-dealkylation sites (tertiary alicyclic amines) is 1. The van der Waals surface area contributed by atoms with E-state index in [0.29, 0.717) is 11.6 Å². The molecule has 0 bridgehead atoms. The molecule has 0 aromatic carbocycles. The van der Waals surface area contributed by atoms with E-state index in [-0.39, 0.29) is 11.9 Å². The molecule has 0 saturated carbocycles. The Morgan fingerprint density at radius 2 is 2.50 bits per heavy atom. The second kappa shape index (κ2) is 4.87. The smallest absolute Gasteiger partial charge is 0.292 e. The summed E-state index contributed by atoms with van der Waals surface area (Å²) in [5.41, 5.74) is 0.725. The molecular formula is C11H15ClN2O2. The van der Waals surface area contributed by atoms with Gasteiger partial charge in [-0.2, -0.15) is 0 Å². The van der Waals surface area contributed by atoms with Crippen LogP contribution in [0.4, 0.5) is 0 Å². The minimum absolute atomic E-state index is 0.0917. The van der Waals surface area contributed by atoms with E-state index in [1.165, 1.54) is 0 Å². The van der Waals surface area contributed by atoms with Gasteiger partial charge < -0.3 is 9.42 Å². The molecule has 16 heavy (non-hydrogen) atoms. The Morgan fingerprint density at radius 3 is 3.12 bits per heavy atom. The number of rotatable bonds is 2. The highest BCUT2D eigenvalue weighted by atomic mass is 35.5. The molecular weight excluding hydrogens is 228 g/mol. The first-order chi connectivity index (χ1) is 7.72. The molecule has 1 aliphatic rings. The Kier molecular flexibility index (Phi) is 3.49. The predicted molar refractivity (Wildman–Crippen MR) is 60.6 cm³/mol. The van der Waals surface area contributed by atoms with Gasteiger partial charge in [0, 0.05) is 24.5 Å². The number of aromatic nitrogens is 1. The van der Waals surface area contributed by atoms with Gasteiger partial charge >= 0.3 is 0 Å². The first kappa shape index (κ1) is 11.5. The molecule has 1 atom stereocenters. The number of nitrogens with zero attached hydrogens (tertiary/aromatic N) is 2. The van der Waals surface area contributed by atoms with Gasteiger partial charge in [0.25, 0.3) is 5.91 Å². The summed E-state index contributed by atoms with van der Waals surface area (Å²) in [4.78, 5) is 13.9. The van der Waals surface area contributed by atoms with Gasteiger partial charge in [-0.15, -0.1) is 11.6 Å². The highest BCUT2D eigenvalue weighted by molar-refractivity contribution is 6.18. The first-order valence-corrected chi connectivity index (χ1v) is 6.06. The maximum Gasteiger partial charge on any atom is 0.292 e. The van der Waals surface area contributed by atoms with Gasteiger partial charge in [-0.05, 0) is 26.2 Å². The first-order valence-electron chi connectivity index (χ1n) is 5.52. The molecule has 1 saturated heterocycles. The zero-order valence-corrected chi connectivity index (χ0v) is 10.0. The molecule has 1 fully saturated rings. The van der Waals surface area contributed by atoms with E-state index in [0.717, 1.165) is 31.5 Å². The van der Waals surface area contributed by atoms with Crippen molar-refractivity contribution in [2.75, 3.05) is 12.4 Å². The van der Waals surface area contributed by atoms with Crippen molar-refractivity contribution < 1.29 is 9.32 Å². The standard InChI is InChI=1S/C11H15ClN2O2/c1-8-6-10(16-13-8)11(15)14-5-3-2-4-9(14)7-12/h6,9H,2-5,7H2,1H3. The fraction of sp³-hybridized carbons (Fsp3) is 0.636. The van der Waals surface area contributed by atoms with Crippen molar-refractivity contribution in [3.8, 4) is 0 Å². The minimum atomic E-state index is -0.0917. The van der Waals surface area contributed by atoms with Crippen LogP contribution < -0.4 is 0 Å². The minimum Gasteiger partial charge on any atom is -0.351 e. The van der Waals surface area contributed by atoms with Crippen LogP contribution in [0.25, 0.3) is 0 Å². The molecule has 1 aromatic heterocycles. The van der Waals surface area contributed by atoms with Crippen molar-refractivity contribution in [2.24, 2.45) is 0 Å². The molecule has 1 amide bonds. The van der Waals surface area contributed by atoms with E-state index in [1.54, 1.807) is 17.9 Å². The molecule has 0 spiro atoms. The molecule has 1 unspecified atom stereocenters. The van der Waals surface area contributed by atoms with Crippen LogP contribution in [0.3, 0.4) is 0 Å². The van der Waals surface area contributed by atoms with Crippen LogP contribution in [0.15, 0.2) is 10.6 Å². The normalized spacial score (nSPS) is 21.1. The second-order valence-corrected chi connectivity index (χ2v) is 4.44. The maximum atomic E-state index is 12.1. The van der Waals surface area contributed by atoms with Crippen molar-refractivity contribution in [3.63, 3.8) is 0 Å². The predicted octanol–water partition coefficient (Wildman–Crippen LogP) is 2.22. The molecule has 1 aromatic rings. The molecule has 0 radical (unpaired) electrons. The molecule has 88 valence electrons. The number of aryl methyl sites for hydroxylation is 1. The lowest BCUT2D eigenvalue weighted by molar-refractivity contribution is 0.0597. The van der Waals surface area contributed by atoms with Crippen LogP contribution in [0.5, 0.6) is 0 Å². The maximum absolute atomic E-state index is 12.1. The number of carbonyl (C=O) groups excluding carboxylic acids is 1. The Hall–Kier alpha value is -1.03. The average molecular weight is 243 g/mol. The lowest BCUT2D eigenvalue weighted by Crippen LogP contribution is -2.44. The van der Waals surface area contributed by atoms with Crippen LogP contribution in [-0.4, -0.2) is 34.4 Å². The third kappa shape index (κ3) is 2.21. The number of piperidine rings is 1. The number of amides is 1. The van der Waals surface area contributed by atoms with Crippen LogP contribution in [0, 0.1) is 6.92 Å². The fourth-order valence-electron chi connectivity index (χ4n) is 2.03. The molecule has 1 aliphatic heterocycles. The van der Waals surface area contributed by atoms with E-state index in [1.807, 2.05) is 0 Å². The van der Waals surface area contributed by atoms with Crippen molar-refractivity contribution in [2.45, 2.75) is 32.2 Å². The third-order valence-corrected chi connectivity index (χ3v) is 3.26. The van der Waals surface area contributed by atoms with Crippen LogP contribution in [-0.2, 0) is 0 Å². The summed E-state index contributed by atoms with van der Waals surface area (Å²) in [6.07, 6.45) is 3.14. The molecule has 0 N–H and O–H groups in total. The van der Waals surface area contributed by atoms with Gasteiger partial charge in [0.05, 0.1) is 5.69 Å². The zero-order chi connectivity index (χ0) is 11.5. The van der Waals surface area contributed by atoms with Gasteiger partial charge in [-0.1, -0.05) is 5.16 Å². The van der Waals surface area contributed by atoms with E-state index in [9.17, 15) is 4.79 Å². The summed E-state index contributed by atoms with van der Waals surface area (Å²) in [5, 5.41) is 3.73. The summed E-state index contributed by atoms with van der Waals surface area (Å²) < 4.78 is 4.99. The Morgan fingerprint density at radius 1 is 1.69 bits per heavy atom. The molecule has 4 nitrogen and oxygen atoms in total. The molecule has 5 heteroatoms. The summed E-state index contributed by atoms with van der Waals surface area (Å²) >= 11 is 5.87. The number of hydrogen-bond acceptors (Lipinski definition) is 3. The quantitative estimate of drug-likeness (QED) is 0.747. The van der Waals surface area contributed by atoms with Crippen LogP contribution >= 0.6 is 11.6 Å². The van der Waals surface area contributed by atoms with Gasteiger partial charge in [0.15, 0.2) is 0 Å². The topological polar surface area (TPSA) is 46.3 Å². The Balaban J connectivity index is 2.13. The molecule has 2 rings (SSSR count). The third-order valence-electron chi connectivity index (χ3n) is 2.90. The summed E-state index contributed by atoms with van der Waals surface area (Å²) in [6, 6.07) is 1.80. The van der Waals surface area contributed by atoms with E-state index in [4.69, 9.17) is 16.1 Å². The Labute approximate surface area is 99.5 Å². The largest absolute Gasteiger partial charge is 0.351 e. The highest BCUT2D eigenvalue weighted by Gasteiger charge is 2.28. The number of hydrogen-bond donors (Lipinski definition) is 0. The number of carbonyl (C=O) groups is 1. The van der Waals surface area contributed by atoms with Crippen LogP contribution in [0.1, 0.15) is 35.5 Å². The van der Waals surface area contributed by atoms with Crippen molar-refractivity contribution in [1.29, 1.82) is 0 Å². The SMILES string of the molecule is Cc1cc(C(=O)N2CCCCC2CCl)on1. The van der Waals surface area contributed by atoms with Gasteiger partial charge in [-0.25, -0.2) is 0 Å². The lowest BCUT2D eigenvalue weighted by Gasteiger charge is -2.33. The molecule has 0 aliphatic carbocycles. The molecule has 2 heterocycles. The van der Waals surface area contributed by atoms with Crippen molar-refractivity contribution in [1.82, 2.24) is 10.1 Å². The summed E-state index contributed by atoms with van der Waals surface area (Å²) in [7, 11) is 0. The monoisotopic (exact) mass is 242 g/mol. The van der Waals surface area contributed by atoms with Gasteiger partial charge in [0.2, 0.25) is 5.76 Å². The summed E-state index contributed by atoms with van der Waals surface area (Å²) in [6.45, 7) is 2.56. The lowest BCUT2D eigenvalue weighted by atomic mass is 10.0. The van der Waals surface area contributed by atoms with Gasteiger partial charge in [-0.3, -0.25) is 4.79 Å². The van der Waals surface area contributed by atoms with Crippen LogP contribution in [0.2, 0.25) is 0 Å². The number of alkyl halides is 1. The fourth-order valence-corrected chi connectivity index (χ4v) is 2.36. The number of halogens is 1. The summed E-state index contributed by atoms with van der Waals surface area (Å²) in [5.74, 6) is 0.708. The van der Waals surface area contributed by atoms with Crippen molar-refractivity contribution >= 4 is 17.5 Å². The average Bonchev–Trinajstić information content (AvgIpc) is 2.75.